The average molecular weight is 241 g/mol. The SMILES string of the molecule is O=c1ncc(Cl)cn1COCc1ccco1. The molecule has 0 spiro atoms. The molecule has 0 aliphatic rings. The van der Waals surface area contributed by atoms with Gasteiger partial charge in [0.05, 0.1) is 17.5 Å². The van der Waals surface area contributed by atoms with Gasteiger partial charge in [0.2, 0.25) is 0 Å². The van der Waals surface area contributed by atoms with Gasteiger partial charge in [-0.15, -0.1) is 0 Å². The van der Waals surface area contributed by atoms with E-state index in [1.54, 1.807) is 18.4 Å². The molecule has 0 saturated carbocycles. The maximum atomic E-state index is 11.3. The van der Waals surface area contributed by atoms with Crippen LogP contribution < -0.4 is 5.69 Å². The van der Waals surface area contributed by atoms with E-state index in [-0.39, 0.29) is 6.73 Å². The number of ether oxygens (including phenoxy) is 1. The molecule has 2 aromatic heterocycles. The fourth-order valence-corrected chi connectivity index (χ4v) is 1.33. The molecule has 2 rings (SSSR count). The van der Waals surface area contributed by atoms with Gasteiger partial charge < -0.3 is 9.15 Å². The Hall–Kier alpha value is -1.59. The minimum absolute atomic E-state index is 0.0904. The lowest BCUT2D eigenvalue weighted by molar-refractivity contribution is 0.0502. The average Bonchev–Trinajstić information content (AvgIpc) is 2.76. The first-order valence-electron chi connectivity index (χ1n) is 4.58. The van der Waals surface area contributed by atoms with Crippen LogP contribution in [0.5, 0.6) is 0 Å². The molecule has 0 amide bonds. The molecular formula is C10H9ClN2O3. The molecule has 6 heteroatoms. The lowest BCUT2D eigenvalue weighted by Gasteiger charge is -2.04. The van der Waals surface area contributed by atoms with Crippen molar-refractivity contribution in [2.24, 2.45) is 0 Å². The summed E-state index contributed by atoms with van der Waals surface area (Å²) in [6.07, 6.45) is 4.33. The number of hydrogen-bond acceptors (Lipinski definition) is 4. The molecule has 16 heavy (non-hydrogen) atoms. The first kappa shape index (κ1) is 10.9. The van der Waals surface area contributed by atoms with Crippen LogP contribution in [-0.2, 0) is 18.1 Å². The van der Waals surface area contributed by atoms with E-state index in [2.05, 4.69) is 4.98 Å². The molecule has 0 fully saturated rings. The molecular weight excluding hydrogens is 232 g/mol. The highest BCUT2D eigenvalue weighted by atomic mass is 35.5. The largest absolute Gasteiger partial charge is 0.467 e. The third-order valence-corrected chi connectivity index (χ3v) is 2.07. The summed E-state index contributed by atoms with van der Waals surface area (Å²) in [6.45, 7) is 0.388. The first-order valence-corrected chi connectivity index (χ1v) is 4.95. The molecule has 2 aromatic rings. The Morgan fingerprint density at radius 1 is 1.56 bits per heavy atom. The van der Waals surface area contributed by atoms with Gasteiger partial charge in [-0.05, 0) is 12.1 Å². The van der Waals surface area contributed by atoms with E-state index in [0.717, 1.165) is 0 Å². The Morgan fingerprint density at radius 3 is 3.19 bits per heavy atom. The fourth-order valence-electron chi connectivity index (χ4n) is 1.16. The zero-order chi connectivity index (χ0) is 11.4. The Kier molecular flexibility index (Phi) is 3.38. The third kappa shape index (κ3) is 2.71. The van der Waals surface area contributed by atoms with Crippen LogP contribution in [-0.4, -0.2) is 9.55 Å². The van der Waals surface area contributed by atoms with Crippen LogP contribution in [0.1, 0.15) is 5.76 Å². The van der Waals surface area contributed by atoms with Gasteiger partial charge in [0, 0.05) is 6.20 Å². The number of furan rings is 1. The van der Waals surface area contributed by atoms with Gasteiger partial charge in [0.1, 0.15) is 19.1 Å². The van der Waals surface area contributed by atoms with Gasteiger partial charge in [-0.2, -0.15) is 4.98 Å². The maximum absolute atomic E-state index is 11.3. The molecule has 0 atom stereocenters. The summed E-state index contributed by atoms with van der Waals surface area (Å²) in [5, 5.41) is 0.390. The van der Waals surface area contributed by atoms with E-state index in [9.17, 15) is 4.79 Å². The fraction of sp³-hybridized carbons (Fsp3) is 0.200. The molecule has 0 aliphatic carbocycles. The standard InChI is InChI=1S/C10H9ClN2O3/c11-8-4-12-10(14)13(5-8)7-15-6-9-2-1-3-16-9/h1-5H,6-7H2. The van der Waals surface area contributed by atoms with Crippen molar-refractivity contribution in [3.8, 4) is 0 Å². The number of halogens is 1. The van der Waals surface area contributed by atoms with E-state index in [1.165, 1.54) is 17.0 Å². The minimum Gasteiger partial charge on any atom is -0.467 e. The van der Waals surface area contributed by atoms with Crippen molar-refractivity contribution in [3.63, 3.8) is 0 Å². The van der Waals surface area contributed by atoms with Gasteiger partial charge in [-0.25, -0.2) is 4.79 Å². The highest BCUT2D eigenvalue weighted by molar-refractivity contribution is 6.30. The molecule has 5 nitrogen and oxygen atoms in total. The van der Waals surface area contributed by atoms with Crippen LogP contribution in [0.2, 0.25) is 5.02 Å². The molecule has 84 valence electrons. The Bertz CT molecular complexity index is 507. The molecule has 0 unspecified atom stereocenters. The highest BCUT2D eigenvalue weighted by Crippen LogP contribution is 2.04. The number of nitrogens with zero attached hydrogens (tertiary/aromatic N) is 2. The Morgan fingerprint density at radius 2 is 2.44 bits per heavy atom. The van der Waals surface area contributed by atoms with E-state index < -0.39 is 5.69 Å². The predicted octanol–water partition coefficient (Wildman–Crippen LogP) is 1.66. The molecule has 2 heterocycles. The number of aromatic nitrogens is 2. The van der Waals surface area contributed by atoms with Crippen molar-refractivity contribution in [3.05, 3.63) is 52.1 Å². The minimum atomic E-state index is -0.399. The molecule has 0 N–H and O–H groups in total. The summed E-state index contributed by atoms with van der Waals surface area (Å²) in [5.74, 6) is 0.697. The van der Waals surface area contributed by atoms with Gasteiger partial charge in [-0.1, -0.05) is 11.6 Å². The quantitative estimate of drug-likeness (QED) is 0.816. The smallest absolute Gasteiger partial charge is 0.349 e. The Balaban J connectivity index is 1.94. The van der Waals surface area contributed by atoms with Crippen LogP contribution in [0.4, 0.5) is 0 Å². The van der Waals surface area contributed by atoms with Crippen molar-refractivity contribution >= 4 is 11.6 Å². The second-order valence-corrected chi connectivity index (χ2v) is 3.52. The normalized spacial score (nSPS) is 10.6. The van der Waals surface area contributed by atoms with E-state index in [0.29, 0.717) is 17.4 Å². The van der Waals surface area contributed by atoms with Crippen molar-refractivity contribution in [1.82, 2.24) is 9.55 Å². The van der Waals surface area contributed by atoms with Crippen molar-refractivity contribution in [2.45, 2.75) is 13.3 Å². The summed E-state index contributed by atoms with van der Waals surface area (Å²) in [5.41, 5.74) is -0.399. The van der Waals surface area contributed by atoms with E-state index in [1.807, 2.05) is 0 Å². The zero-order valence-corrected chi connectivity index (χ0v) is 9.05. The third-order valence-electron chi connectivity index (χ3n) is 1.88. The van der Waals surface area contributed by atoms with Gasteiger partial charge in [0.25, 0.3) is 0 Å². The van der Waals surface area contributed by atoms with Crippen molar-refractivity contribution in [1.29, 1.82) is 0 Å². The van der Waals surface area contributed by atoms with Gasteiger partial charge in [0.15, 0.2) is 0 Å². The number of hydrogen-bond donors (Lipinski definition) is 0. The summed E-state index contributed by atoms with van der Waals surface area (Å²) < 4.78 is 11.6. The molecule has 0 aliphatic heterocycles. The van der Waals surface area contributed by atoms with E-state index >= 15 is 0 Å². The molecule has 0 aromatic carbocycles. The van der Waals surface area contributed by atoms with Crippen molar-refractivity contribution in [2.75, 3.05) is 0 Å². The lowest BCUT2D eigenvalue weighted by Crippen LogP contribution is -2.23. The van der Waals surface area contributed by atoms with Gasteiger partial charge in [-0.3, -0.25) is 4.57 Å². The van der Waals surface area contributed by atoms with Gasteiger partial charge >= 0.3 is 5.69 Å². The Labute approximate surface area is 96.2 Å². The summed E-state index contributed by atoms with van der Waals surface area (Å²) in [6, 6.07) is 3.56. The maximum Gasteiger partial charge on any atom is 0.349 e. The second kappa shape index (κ2) is 4.96. The molecule has 0 radical (unpaired) electrons. The summed E-state index contributed by atoms with van der Waals surface area (Å²) >= 11 is 5.70. The van der Waals surface area contributed by atoms with Crippen molar-refractivity contribution < 1.29 is 9.15 Å². The number of rotatable bonds is 4. The van der Waals surface area contributed by atoms with Crippen LogP contribution in [0.3, 0.4) is 0 Å². The monoisotopic (exact) mass is 240 g/mol. The van der Waals surface area contributed by atoms with E-state index in [4.69, 9.17) is 20.8 Å². The lowest BCUT2D eigenvalue weighted by atomic mass is 10.5. The molecule has 0 bridgehead atoms. The summed E-state index contributed by atoms with van der Waals surface area (Å²) in [4.78, 5) is 14.8. The van der Waals surface area contributed by atoms with Crippen LogP contribution >= 0.6 is 11.6 Å². The zero-order valence-electron chi connectivity index (χ0n) is 8.30. The second-order valence-electron chi connectivity index (χ2n) is 3.08. The first-order chi connectivity index (χ1) is 7.75. The topological polar surface area (TPSA) is 57.3 Å². The molecule has 0 saturated heterocycles. The van der Waals surface area contributed by atoms with Crippen LogP contribution in [0, 0.1) is 0 Å². The summed E-state index contributed by atoms with van der Waals surface area (Å²) in [7, 11) is 0. The van der Waals surface area contributed by atoms with Crippen LogP contribution in [0.15, 0.2) is 40.0 Å². The van der Waals surface area contributed by atoms with Crippen LogP contribution in [0.25, 0.3) is 0 Å². The predicted molar refractivity (Wildman–Crippen MR) is 57.0 cm³/mol. The highest BCUT2D eigenvalue weighted by Gasteiger charge is 2.00.